The Morgan fingerprint density at radius 2 is 2.29 bits per heavy atom. The second-order valence-electron chi connectivity index (χ2n) is 3.19. The third kappa shape index (κ3) is 2.49. The number of methoxy groups -OCH3 is 1. The lowest BCUT2D eigenvalue weighted by molar-refractivity contribution is 0.411. The summed E-state index contributed by atoms with van der Waals surface area (Å²) in [6.07, 6.45) is 2.76. The predicted octanol–water partition coefficient (Wildman–Crippen LogP) is 2.11. The fraction of sp³-hybridized carbons (Fsp3) is 0.100. The van der Waals surface area contributed by atoms with Crippen molar-refractivity contribution in [3.63, 3.8) is 0 Å². The molecule has 1 aromatic heterocycles. The average molecular weight is 273 g/mol. The molecule has 0 spiro atoms. The Bertz CT molecular complexity index is 570. The van der Waals surface area contributed by atoms with E-state index in [1.54, 1.807) is 18.2 Å². The standard InChI is InChI=1S/C10H9ClN2O3S/c1-16-10-3-2-7(11)4-9(10)13-6-8(5-12-13)17(14)15/h2-6H,1H3,(H,14,15). The number of hydrogen-bond acceptors (Lipinski definition) is 3. The minimum absolute atomic E-state index is 0.215. The first kappa shape index (κ1) is 12.1. The van der Waals surface area contributed by atoms with Crippen molar-refractivity contribution in [2.75, 3.05) is 7.11 Å². The van der Waals surface area contributed by atoms with Crippen LogP contribution < -0.4 is 4.74 Å². The van der Waals surface area contributed by atoms with Crippen molar-refractivity contribution in [2.24, 2.45) is 0 Å². The topological polar surface area (TPSA) is 64.3 Å². The SMILES string of the molecule is COc1ccc(Cl)cc1-n1cc(S(=O)O)cn1. The van der Waals surface area contributed by atoms with E-state index in [-0.39, 0.29) is 4.90 Å². The number of hydrogen-bond donors (Lipinski definition) is 1. The van der Waals surface area contributed by atoms with Gasteiger partial charge in [-0.15, -0.1) is 0 Å². The first-order chi connectivity index (χ1) is 8.11. The van der Waals surface area contributed by atoms with Gasteiger partial charge in [-0.25, -0.2) is 8.89 Å². The molecule has 0 saturated carbocycles. The van der Waals surface area contributed by atoms with E-state index in [1.807, 2.05) is 0 Å². The van der Waals surface area contributed by atoms with Crippen molar-refractivity contribution in [1.29, 1.82) is 0 Å². The molecule has 17 heavy (non-hydrogen) atoms. The minimum atomic E-state index is -2.05. The maximum Gasteiger partial charge on any atom is 0.189 e. The molecule has 2 rings (SSSR count). The average Bonchev–Trinajstić information content (AvgIpc) is 2.78. The van der Waals surface area contributed by atoms with Crippen LogP contribution in [-0.4, -0.2) is 25.7 Å². The van der Waals surface area contributed by atoms with Crippen molar-refractivity contribution in [3.8, 4) is 11.4 Å². The van der Waals surface area contributed by atoms with Crippen LogP contribution >= 0.6 is 11.6 Å². The lowest BCUT2D eigenvalue weighted by atomic mass is 10.3. The zero-order valence-corrected chi connectivity index (χ0v) is 10.4. The van der Waals surface area contributed by atoms with Gasteiger partial charge in [0.1, 0.15) is 16.3 Å². The van der Waals surface area contributed by atoms with Crippen LogP contribution in [0.1, 0.15) is 0 Å². The van der Waals surface area contributed by atoms with Crippen LogP contribution in [0.3, 0.4) is 0 Å². The van der Waals surface area contributed by atoms with E-state index < -0.39 is 11.1 Å². The van der Waals surface area contributed by atoms with Crippen LogP contribution in [0.25, 0.3) is 5.69 Å². The lowest BCUT2D eigenvalue weighted by Gasteiger charge is -2.08. The third-order valence-electron chi connectivity index (χ3n) is 2.15. The van der Waals surface area contributed by atoms with Crippen molar-refractivity contribution in [1.82, 2.24) is 9.78 Å². The van der Waals surface area contributed by atoms with Gasteiger partial charge in [0, 0.05) is 11.2 Å². The van der Waals surface area contributed by atoms with Gasteiger partial charge in [-0.05, 0) is 18.2 Å². The number of halogens is 1. The Hall–Kier alpha value is -1.37. The van der Waals surface area contributed by atoms with Crippen molar-refractivity contribution >= 4 is 22.7 Å². The smallest absolute Gasteiger partial charge is 0.189 e. The highest BCUT2D eigenvalue weighted by atomic mass is 35.5. The van der Waals surface area contributed by atoms with Crippen LogP contribution in [0.2, 0.25) is 5.02 Å². The van der Waals surface area contributed by atoms with Gasteiger partial charge in [-0.1, -0.05) is 11.6 Å². The molecule has 7 heteroatoms. The van der Waals surface area contributed by atoms with Crippen molar-refractivity contribution in [3.05, 3.63) is 35.6 Å². The zero-order chi connectivity index (χ0) is 12.4. The molecule has 0 amide bonds. The Morgan fingerprint density at radius 1 is 1.53 bits per heavy atom. The molecule has 1 heterocycles. The monoisotopic (exact) mass is 272 g/mol. The lowest BCUT2D eigenvalue weighted by Crippen LogP contribution is -1.98. The van der Waals surface area contributed by atoms with Crippen molar-refractivity contribution < 1.29 is 13.5 Å². The van der Waals surface area contributed by atoms with Crippen LogP contribution in [0.5, 0.6) is 5.75 Å². The quantitative estimate of drug-likeness (QED) is 0.869. The van der Waals surface area contributed by atoms with Gasteiger partial charge in [0.2, 0.25) is 0 Å². The van der Waals surface area contributed by atoms with E-state index in [0.29, 0.717) is 16.5 Å². The predicted molar refractivity (Wildman–Crippen MR) is 64.2 cm³/mol. The molecule has 0 aliphatic heterocycles. The Balaban J connectivity index is 2.51. The van der Waals surface area contributed by atoms with Crippen LogP contribution in [0.15, 0.2) is 35.5 Å². The van der Waals surface area contributed by atoms with Crippen LogP contribution in [-0.2, 0) is 11.1 Å². The van der Waals surface area contributed by atoms with E-state index in [1.165, 1.54) is 24.2 Å². The van der Waals surface area contributed by atoms with Gasteiger partial charge in [0.05, 0.1) is 13.3 Å². The summed E-state index contributed by atoms with van der Waals surface area (Å²) < 4.78 is 26.4. The van der Waals surface area contributed by atoms with E-state index in [2.05, 4.69) is 5.10 Å². The minimum Gasteiger partial charge on any atom is -0.494 e. The number of rotatable bonds is 3. The first-order valence-electron chi connectivity index (χ1n) is 4.61. The maximum absolute atomic E-state index is 10.9. The van der Waals surface area contributed by atoms with Crippen LogP contribution in [0.4, 0.5) is 0 Å². The molecule has 0 radical (unpaired) electrons. The molecule has 1 unspecified atom stereocenters. The summed E-state index contributed by atoms with van der Waals surface area (Å²) in [6.45, 7) is 0. The molecular formula is C10H9ClN2O3S. The van der Waals surface area contributed by atoms with Crippen molar-refractivity contribution in [2.45, 2.75) is 4.90 Å². The number of ether oxygens (including phenoxy) is 1. The highest BCUT2D eigenvalue weighted by Crippen LogP contribution is 2.26. The fourth-order valence-electron chi connectivity index (χ4n) is 1.37. The van der Waals surface area contributed by atoms with Crippen LogP contribution in [0, 0.1) is 0 Å². The van der Waals surface area contributed by atoms with Gasteiger partial charge >= 0.3 is 0 Å². The second kappa shape index (κ2) is 4.87. The molecule has 0 fully saturated rings. The summed E-state index contributed by atoms with van der Waals surface area (Å²) in [4.78, 5) is 0.215. The van der Waals surface area contributed by atoms with E-state index in [9.17, 15) is 4.21 Å². The fourth-order valence-corrected chi connectivity index (χ4v) is 1.86. The van der Waals surface area contributed by atoms with Gasteiger partial charge in [-0.3, -0.25) is 0 Å². The number of benzene rings is 1. The Labute approximate surface area is 105 Å². The highest BCUT2D eigenvalue weighted by molar-refractivity contribution is 7.79. The molecule has 0 bridgehead atoms. The molecule has 1 aromatic carbocycles. The zero-order valence-electron chi connectivity index (χ0n) is 8.83. The summed E-state index contributed by atoms with van der Waals surface area (Å²) >= 11 is 3.83. The van der Waals surface area contributed by atoms with Gasteiger partial charge < -0.3 is 9.29 Å². The molecule has 1 N–H and O–H groups in total. The van der Waals surface area contributed by atoms with Gasteiger partial charge in [0.15, 0.2) is 11.1 Å². The van der Waals surface area contributed by atoms with Gasteiger partial charge in [0.25, 0.3) is 0 Å². The second-order valence-corrected chi connectivity index (χ2v) is 4.59. The van der Waals surface area contributed by atoms with E-state index in [0.717, 1.165) is 0 Å². The molecular weight excluding hydrogens is 264 g/mol. The summed E-state index contributed by atoms with van der Waals surface area (Å²) in [7, 11) is 1.53. The number of nitrogens with zero attached hydrogens (tertiary/aromatic N) is 2. The largest absolute Gasteiger partial charge is 0.494 e. The first-order valence-corrected chi connectivity index (χ1v) is 6.09. The summed E-state index contributed by atoms with van der Waals surface area (Å²) in [5.41, 5.74) is 0.608. The molecule has 0 saturated heterocycles. The Kier molecular flexibility index (Phi) is 3.46. The molecule has 2 aromatic rings. The highest BCUT2D eigenvalue weighted by Gasteiger charge is 2.10. The van der Waals surface area contributed by atoms with E-state index in [4.69, 9.17) is 20.9 Å². The van der Waals surface area contributed by atoms with Gasteiger partial charge in [-0.2, -0.15) is 5.10 Å². The molecule has 1 atom stereocenters. The normalized spacial score (nSPS) is 12.4. The Morgan fingerprint density at radius 3 is 2.88 bits per heavy atom. The molecule has 0 aliphatic carbocycles. The van der Waals surface area contributed by atoms with E-state index >= 15 is 0 Å². The summed E-state index contributed by atoms with van der Waals surface area (Å²) in [6, 6.07) is 5.06. The molecule has 0 aliphatic rings. The summed E-state index contributed by atoms with van der Waals surface area (Å²) in [5.74, 6) is 0.577. The maximum atomic E-state index is 10.9. The molecule has 5 nitrogen and oxygen atoms in total. The number of aromatic nitrogens is 2. The summed E-state index contributed by atoms with van der Waals surface area (Å²) in [5, 5.41) is 4.51. The molecule has 90 valence electrons. The third-order valence-corrected chi connectivity index (χ3v) is 3.00.